The first kappa shape index (κ1) is 9.12. The lowest BCUT2D eigenvalue weighted by molar-refractivity contribution is -0.193. The third-order valence-corrected chi connectivity index (χ3v) is 2.32. The van der Waals surface area contributed by atoms with Crippen LogP contribution in [0, 0.1) is 0 Å². The van der Waals surface area contributed by atoms with Crippen LogP contribution >= 0.6 is 0 Å². The van der Waals surface area contributed by atoms with Crippen molar-refractivity contribution in [3.63, 3.8) is 0 Å². The molecule has 0 saturated carbocycles. The van der Waals surface area contributed by atoms with E-state index < -0.39 is 16.7 Å². The molecular formula is C6H11O4S-. The normalized spacial score (nSPS) is 24.2. The second kappa shape index (κ2) is 3.62. The third-order valence-electron chi connectivity index (χ3n) is 1.56. The Labute approximate surface area is 68.2 Å². The monoisotopic (exact) mass is 179 g/mol. The van der Waals surface area contributed by atoms with Crippen molar-refractivity contribution < 1.29 is 18.2 Å². The maximum atomic E-state index is 10.3. The molecule has 1 fully saturated rings. The van der Waals surface area contributed by atoms with Gasteiger partial charge in [-0.2, -0.15) is 0 Å². The topological polar surface area (TPSA) is 58.6 Å². The summed E-state index contributed by atoms with van der Waals surface area (Å²) in [5.41, 5.74) is -0.540. The van der Waals surface area contributed by atoms with Crippen LogP contribution in [0.4, 0.5) is 0 Å². The van der Waals surface area contributed by atoms with Crippen molar-refractivity contribution in [3.8, 4) is 0 Å². The van der Waals surface area contributed by atoms with Gasteiger partial charge in [0.2, 0.25) is 0 Å². The highest BCUT2D eigenvalue weighted by Gasteiger charge is 2.39. The Morgan fingerprint density at radius 3 is 2.64 bits per heavy atom. The van der Waals surface area contributed by atoms with E-state index in [9.17, 15) is 8.76 Å². The van der Waals surface area contributed by atoms with Crippen LogP contribution in [0.3, 0.4) is 0 Å². The van der Waals surface area contributed by atoms with Gasteiger partial charge in [-0.05, 0) is 6.92 Å². The van der Waals surface area contributed by atoms with Crippen molar-refractivity contribution in [2.45, 2.75) is 12.5 Å². The molecule has 1 saturated heterocycles. The molecule has 0 N–H and O–H groups in total. The predicted octanol–water partition coefficient (Wildman–Crippen LogP) is -0.329. The van der Waals surface area contributed by atoms with Crippen molar-refractivity contribution in [2.24, 2.45) is 0 Å². The lowest BCUT2D eigenvalue weighted by Crippen LogP contribution is -2.55. The van der Waals surface area contributed by atoms with Gasteiger partial charge in [-0.15, -0.1) is 0 Å². The third kappa shape index (κ3) is 2.23. The fourth-order valence-corrected chi connectivity index (χ4v) is 1.74. The summed E-state index contributed by atoms with van der Waals surface area (Å²) in [6.45, 7) is 3.16. The first-order valence-corrected chi connectivity index (χ1v) is 4.70. The highest BCUT2D eigenvalue weighted by Crippen LogP contribution is 2.22. The van der Waals surface area contributed by atoms with E-state index in [0.29, 0.717) is 19.8 Å². The summed E-state index contributed by atoms with van der Waals surface area (Å²) in [5.74, 6) is 0.0425. The standard InChI is InChI=1S/C6H12O4S/c1-2-10-6(3-9-4-6)5-11(7)8/h2-5H2,1H3,(H,7,8)/p-1. The van der Waals surface area contributed by atoms with Crippen molar-refractivity contribution in [1.82, 2.24) is 0 Å². The van der Waals surface area contributed by atoms with Crippen LogP contribution < -0.4 is 0 Å². The molecule has 1 aliphatic heterocycles. The number of hydrogen-bond acceptors (Lipinski definition) is 4. The molecule has 1 atom stereocenters. The Kier molecular flexibility index (Phi) is 3.00. The van der Waals surface area contributed by atoms with Gasteiger partial charge in [0, 0.05) is 12.4 Å². The maximum absolute atomic E-state index is 10.3. The van der Waals surface area contributed by atoms with Gasteiger partial charge in [0.15, 0.2) is 0 Å². The summed E-state index contributed by atoms with van der Waals surface area (Å²) >= 11 is -2.04. The Morgan fingerprint density at radius 1 is 1.73 bits per heavy atom. The number of rotatable bonds is 4. The summed E-state index contributed by atoms with van der Waals surface area (Å²) in [6.07, 6.45) is 0. The maximum Gasteiger partial charge on any atom is 0.125 e. The molecule has 0 aromatic rings. The molecule has 0 radical (unpaired) electrons. The molecule has 0 aromatic carbocycles. The van der Waals surface area contributed by atoms with E-state index in [4.69, 9.17) is 9.47 Å². The molecule has 1 heterocycles. The first-order chi connectivity index (χ1) is 5.18. The lowest BCUT2D eigenvalue weighted by atomic mass is 10.1. The minimum atomic E-state index is -2.04. The van der Waals surface area contributed by atoms with E-state index in [1.54, 1.807) is 0 Å². The van der Waals surface area contributed by atoms with Crippen LogP contribution in [-0.4, -0.2) is 39.9 Å². The van der Waals surface area contributed by atoms with Gasteiger partial charge in [-0.1, -0.05) is 11.1 Å². The zero-order valence-electron chi connectivity index (χ0n) is 6.37. The molecule has 0 bridgehead atoms. The Morgan fingerprint density at radius 2 is 2.36 bits per heavy atom. The molecule has 1 rings (SSSR count). The smallest absolute Gasteiger partial charge is 0.125 e. The van der Waals surface area contributed by atoms with E-state index >= 15 is 0 Å². The number of hydrogen-bond donors (Lipinski definition) is 0. The molecular weight excluding hydrogens is 168 g/mol. The lowest BCUT2D eigenvalue weighted by Gasteiger charge is -2.41. The molecule has 1 unspecified atom stereocenters. The van der Waals surface area contributed by atoms with Crippen molar-refractivity contribution in [3.05, 3.63) is 0 Å². The largest absolute Gasteiger partial charge is 0.772 e. The molecule has 1 aliphatic rings. The summed E-state index contributed by atoms with van der Waals surface area (Å²) in [4.78, 5) is 0. The second-order valence-corrected chi connectivity index (χ2v) is 3.45. The average Bonchev–Trinajstić information content (AvgIpc) is 1.82. The Hall–Kier alpha value is 0.0300. The van der Waals surface area contributed by atoms with Crippen molar-refractivity contribution >= 4 is 11.1 Å². The fraction of sp³-hybridized carbons (Fsp3) is 1.00. The van der Waals surface area contributed by atoms with Gasteiger partial charge in [0.05, 0.1) is 13.2 Å². The van der Waals surface area contributed by atoms with Gasteiger partial charge >= 0.3 is 0 Å². The molecule has 0 amide bonds. The quantitative estimate of drug-likeness (QED) is 0.554. The van der Waals surface area contributed by atoms with Gasteiger partial charge in [0.25, 0.3) is 0 Å². The van der Waals surface area contributed by atoms with Gasteiger partial charge in [-0.3, -0.25) is 4.21 Å². The van der Waals surface area contributed by atoms with Crippen LogP contribution in [0.2, 0.25) is 0 Å². The summed E-state index contributed by atoms with van der Waals surface area (Å²) < 4.78 is 30.8. The van der Waals surface area contributed by atoms with Gasteiger partial charge in [0.1, 0.15) is 5.60 Å². The van der Waals surface area contributed by atoms with E-state index in [-0.39, 0.29) is 5.75 Å². The Balaban J connectivity index is 2.39. The van der Waals surface area contributed by atoms with E-state index in [1.165, 1.54) is 0 Å². The Bertz CT molecular complexity index is 155. The number of ether oxygens (including phenoxy) is 2. The first-order valence-electron chi connectivity index (χ1n) is 3.46. The highest BCUT2D eigenvalue weighted by atomic mass is 32.2. The summed E-state index contributed by atoms with van der Waals surface area (Å²) in [7, 11) is 0. The van der Waals surface area contributed by atoms with Crippen LogP contribution in [0.15, 0.2) is 0 Å². The zero-order valence-corrected chi connectivity index (χ0v) is 7.19. The van der Waals surface area contributed by atoms with Crippen molar-refractivity contribution in [1.29, 1.82) is 0 Å². The SMILES string of the molecule is CCOC1(CS(=O)[O-])COC1. The van der Waals surface area contributed by atoms with E-state index in [1.807, 2.05) is 6.92 Å². The fourth-order valence-electron chi connectivity index (χ4n) is 1.06. The molecule has 66 valence electrons. The zero-order chi connectivity index (χ0) is 8.32. The molecule has 4 nitrogen and oxygen atoms in total. The second-order valence-electron chi connectivity index (χ2n) is 2.56. The summed E-state index contributed by atoms with van der Waals surface area (Å²) in [6, 6.07) is 0. The predicted molar refractivity (Wildman–Crippen MR) is 39.0 cm³/mol. The molecule has 0 aliphatic carbocycles. The van der Waals surface area contributed by atoms with Gasteiger partial charge < -0.3 is 14.0 Å². The van der Waals surface area contributed by atoms with Crippen molar-refractivity contribution in [2.75, 3.05) is 25.6 Å². The molecule has 5 heteroatoms. The molecule has 0 aromatic heterocycles. The van der Waals surface area contributed by atoms with Crippen LogP contribution in [0.1, 0.15) is 6.92 Å². The highest BCUT2D eigenvalue weighted by molar-refractivity contribution is 7.79. The van der Waals surface area contributed by atoms with Crippen LogP contribution in [-0.2, 0) is 20.6 Å². The molecule has 0 spiro atoms. The van der Waals surface area contributed by atoms with E-state index in [2.05, 4.69) is 0 Å². The van der Waals surface area contributed by atoms with Crippen LogP contribution in [0.5, 0.6) is 0 Å². The van der Waals surface area contributed by atoms with Crippen LogP contribution in [0.25, 0.3) is 0 Å². The minimum absolute atomic E-state index is 0.0425. The van der Waals surface area contributed by atoms with E-state index in [0.717, 1.165) is 0 Å². The molecule has 11 heavy (non-hydrogen) atoms. The minimum Gasteiger partial charge on any atom is -0.772 e. The van der Waals surface area contributed by atoms with Gasteiger partial charge in [-0.25, -0.2) is 0 Å². The average molecular weight is 179 g/mol. The summed E-state index contributed by atoms with van der Waals surface area (Å²) in [5, 5.41) is 0.